The highest BCUT2D eigenvalue weighted by Crippen LogP contribution is 2.52. The number of carbonyl (C=O) groups is 1. The summed E-state index contributed by atoms with van der Waals surface area (Å²) in [5, 5.41) is 27.1. The van der Waals surface area contributed by atoms with E-state index in [0.717, 1.165) is 12.8 Å². The van der Waals surface area contributed by atoms with Gasteiger partial charge in [-0.15, -0.1) is 11.8 Å². The molecule has 9 heteroatoms. The van der Waals surface area contributed by atoms with Crippen molar-refractivity contribution in [2.45, 2.75) is 24.2 Å². The molecule has 0 spiro atoms. The van der Waals surface area contributed by atoms with Crippen molar-refractivity contribution >= 4 is 34.5 Å². The second-order valence-corrected chi connectivity index (χ2v) is 6.18. The normalized spacial score (nSPS) is 16.0. The fourth-order valence-corrected chi connectivity index (χ4v) is 3.48. The van der Waals surface area contributed by atoms with Crippen LogP contribution in [0.15, 0.2) is 21.7 Å². The topological polar surface area (TPSA) is 119 Å². The monoisotopic (exact) mass is 309 g/mol. The molecule has 110 valence electrons. The molecule has 8 nitrogen and oxygen atoms in total. The minimum atomic E-state index is -0.801. The Kier molecular flexibility index (Phi) is 3.28. The Morgan fingerprint density at radius 3 is 2.76 bits per heavy atom. The SMILES string of the molecule is O=C(O)CC1(CSc2ccc([N+](=O)[O-])c3nonc23)CC1. The van der Waals surface area contributed by atoms with Crippen LogP contribution in [0.4, 0.5) is 5.69 Å². The van der Waals surface area contributed by atoms with E-state index >= 15 is 0 Å². The summed E-state index contributed by atoms with van der Waals surface area (Å²) < 4.78 is 4.60. The van der Waals surface area contributed by atoms with Crippen molar-refractivity contribution in [1.82, 2.24) is 10.3 Å². The second kappa shape index (κ2) is 4.99. The van der Waals surface area contributed by atoms with E-state index in [0.29, 0.717) is 16.2 Å². The van der Waals surface area contributed by atoms with Crippen molar-refractivity contribution in [2.24, 2.45) is 5.41 Å². The first-order valence-electron chi connectivity index (χ1n) is 6.25. The van der Waals surface area contributed by atoms with E-state index in [9.17, 15) is 14.9 Å². The zero-order chi connectivity index (χ0) is 15.0. The van der Waals surface area contributed by atoms with Crippen LogP contribution < -0.4 is 0 Å². The number of nitro groups is 1. The largest absolute Gasteiger partial charge is 0.481 e. The standard InChI is InChI=1S/C12H11N3O5S/c16-9(17)5-12(3-4-12)6-21-8-2-1-7(15(18)19)10-11(8)14-20-13-10/h1-2H,3-6H2,(H,16,17). The summed E-state index contributed by atoms with van der Waals surface area (Å²) in [6, 6.07) is 2.97. The number of carboxylic acids is 1. The maximum atomic E-state index is 10.9. The number of fused-ring (bicyclic) bond motifs is 1. The number of hydrogen-bond acceptors (Lipinski definition) is 7. The lowest BCUT2D eigenvalue weighted by Gasteiger charge is -2.11. The highest BCUT2D eigenvalue weighted by atomic mass is 32.2. The van der Waals surface area contributed by atoms with Crippen molar-refractivity contribution in [3.8, 4) is 0 Å². The summed E-state index contributed by atoms with van der Waals surface area (Å²) in [4.78, 5) is 21.9. The van der Waals surface area contributed by atoms with Gasteiger partial charge in [-0.2, -0.15) is 0 Å². The summed E-state index contributed by atoms with van der Waals surface area (Å²) in [6.07, 6.45) is 1.92. The maximum Gasteiger partial charge on any atom is 0.303 e. The van der Waals surface area contributed by atoms with Gasteiger partial charge >= 0.3 is 11.7 Å². The Morgan fingerprint density at radius 1 is 1.43 bits per heavy atom. The van der Waals surface area contributed by atoms with Crippen molar-refractivity contribution in [3.05, 3.63) is 22.2 Å². The zero-order valence-electron chi connectivity index (χ0n) is 10.8. The highest BCUT2D eigenvalue weighted by molar-refractivity contribution is 7.99. The summed E-state index contributed by atoms with van der Waals surface area (Å²) >= 11 is 1.44. The van der Waals surface area contributed by atoms with Gasteiger partial charge in [0.25, 0.3) is 0 Å². The summed E-state index contributed by atoms with van der Waals surface area (Å²) in [7, 11) is 0. The highest BCUT2D eigenvalue weighted by Gasteiger charge is 2.44. The molecule has 1 N–H and O–H groups in total. The molecule has 0 bridgehead atoms. The molecule has 0 radical (unpaired) electrons. The van der Waals surface area contributed by atoms with Crippen LogP contribution >= 0.6 is 11.8 Å². The Labute approximate surface area is 122 Å². The molecule has 21 heavy (non-hydrogen) atoms. The number of nitro benzene ring substituents is 1. The van der Waals surface area contributed by atoms with Crippen molar-refractivity contribution < 1.29 is 19.5 Å². The number of aromatic nitrogens is 2. The van der Waals surface area contributed by atoms with Crippen molar-refractivity contribution in [1.29, 1.82) is 0 Å². The van der Waals surface area contributed by atoms with Crippen LogP contribution in [0.25, 0.3) is 11.0 Å². The van der Waals surface area contributed by atoms with E-state index in [1.165, 1.54) is 17.8 Å². The molecular formula is C12H11N3O5S. The number of non-ortho nitro benzene ring substituents is 1. The molecule has 0 unspecified atom stereocenters. The maximum absolute atomic E-state index is 10.9. The van der Waals surface area contributed by atoms with E-state index in [2.05, 4.69) is 14.9 Å². The van der Waals surface area contributed by atoms with Gasteiger partial charge in [0.2, 0.25) is 5.52 Å². The van der Waals surface area contributed by atoms with Crippen LogP contribution in [-0.2, 0) is 4.79 Å². The van der Waals surface area contributed by atoms with Gasteiger partial charge in [-0.05, 0) is 34.6 Å². The molecule has 1 aliphatic carbocycles. The lowest BCUT2D eigenvalue weighted by molar-refractivity contribution is -0.383. The van der Waals surface area contributed by atoms with Gasteiger partial charge in [0.15, 0.2) is 5.52 Å². The molecule has 0 aliphatic heterocycles. The number of benzene rings is 1. The summed E-state index contributed by atoms with van der Waals surface area (Å²) in [5.74, 6) is -0.163. The van der Waals surface area contributed by atoms with Gasteiger partial charge in [-0.25, -0.2) is 4.63 Å². The fourth-order valence-electron chi connectivity index (χ4n) is 2.20. The first-order chi connectivity index (χ1) is 10.0. The second-order valence-electron chi connectivity index (χ2n) is 5.16. The molecule has 1 saturated carbocycles. The van der Waals surface area contributed by atoms with Crippen LogP contribution in [-0.4, -0.2) is 32.1 Å². The molecule has 2 aromatic rings. The predicted octanol–water partition coefficient (Wildman–Crippen LogP) is 2.48. The third-order valence-electron chi connectivity index (χ3n) is 3.57. The molecule has 1 aromatic heterocycles. The Morgan fingerprint density at radius 2 is 2.14 bits per heavy atom. The first-order valence-corrected chi connectivity index (χ1v) is 7.24. The van der Waals surface area contributed by atoms with E-state index < -0.39 is 10.9 Å². The van der Waals surface area contributed by atoms with Gasteiger partial charge in [-0.1, -0.05) is 0 Å². The minimum absolute atomic E-state index is 0.119. The minimum Gasteiger partial charge on any atom is -0.481 e. The Balaban J connectivity index is 1.82. The van der Waals surface area contributed by atoms with E-state index in [1.54, 1.807) is 6.07 Å². The number of nitrogens with zero attached hydrogens (tertiary/aromatic N) is 3. The van der Waals surface area contributed by atoms with Crippen LogP contribution in [0.5, 0.6) is 0 Å². The summed E-state index contributed by atoms with van der Waals surface area (Å²) in [6.45, 7) is 0. The third kappa shape index (κ3) is 2.68. The fraction of sp³-hybridized carbons (Fsp3) is 0.417. The Bertz CT molecular complexity index is 725. The number of hydrogen-bond donors (Lipinski definition) is 1. The molecular weight excluding hydrogens is 298 g/mol. The predicted molar refractivity (Wildman–Crippen MR) is 73.1 cm³/mol. The van der Waals surface area contributed by atoms with Crippen molar-refractivity contribution in [2.75, 3.05) is 5.75 Å². The molecule has 0 saturated heterocycles. The molecule has 1 aromatic carbocycles. The average molecular weight is 309 g/mol. The zero-order valence-corrected chi connectivity index (χ0v) is 11.6. The number of rotatable bonds is 6. The van der Waals surface area contributed by atoms with Crippen LogP contribution in [0.3, 0.4) is 0 Å². The van der Waals surface area contributed by atoms with Gasteiger partial charge in [0.1, 0.15) is 0 Å². The first kappa shape index (κ1) is 13.8. The number of thioether (sulfide) groups is 1. The lowest BCUT2D eigenvalue weighted by atomic mass is 10.1. The quantitative estimate of drug-likeness (QED) is 0.491. The van der Waals surface area contributed by atoms with Gasteiger partial charge in [0, 0.05) is 16.7 Å². The third-order valence-corrected chi connectivity index (χ3v) is 4.97. The molecule has 1 aliphatic rings. The summed E-state index contributed by atoms with van der Waals surface area (Å²) in [5.41, 5.74) is 0.151. The lowest BCUT2D eigenvalue weighted by Crippen LogP contribution is -2.10. The smallest absolute Gasteiger partial charge is 0.303 e. The molecule has 1 fully saturated rings. The van der Waals surface area contributed by atoms with Gasteiger partial charge in [-0.3, -0.25) is 14.9 Å². The molecule has 3 rings (SSSR count). The van der Waals surface area contributed by atoms with Gasteiger partial charge < -0.3 is 5.11 Å². The molecule has 1 heterocycles. The molecule has 0 atom stereocenters. The average Bonchev–Trinajstić information content (AvgIpc) is 2.99. The van der Waals surface area contributed by atoms with Crippen LogP contribution in [0, 0.1) is 15.5 Å². The van der Waals surface area contributed by atoms with E-state index in [4.69, 9.17) is 5.11 Å². The van der Waals surface area contributed by atoms with E-state index in [1.807, 2.05) is 0 Å². The van der Waals surface area contributed by atoms with Crippen LogP contribution in [0.1, 0.15) is 19.3 Å². The van der Waals surface area contributed by atoms with Crippen molar-refractivity contribution in [3.63, 3.8) is 0 Å². The number of carboxylic acid groups (broad SMARTS) is 1. The number of aliphatic carboxylic acids is 1. The van der Waals surface area contributed by atoms with Crippen LogP contribution in [0.2, 0.25) is 0 Å². The van der Waals surface area contributed by atoms with Gasteiger partial charge in [0.05, 0.1) is 11.3 Å². The Hall–Kier alpha value is -2.16. The molecule has 0 amide bonds. The van der Waals surface area contributed by atoms with E-state index in [-0.39, 0.29) is 23.0 Å².